The van der Waals surface area contributed by atoms with E-state index in [0.717, 1.165) is 11.3 Å². The number of nitrogens with zero attached hydrogens (tertiary/aromatic N) is 2. The lowest BCUT2D eigenvalue weighted by molar-refractivity contribution is 0.102. The number of aromatic nitrogens is 2. The molecule has 4 aromatic rings. The van der Waals surface area contributed by atoms with Crippen LogP contribution >= 0.6 is 46.0 Å². The van der Waals surface area contributed by atoms with Crippen molar-refractivity contribution in [3.63, 3.8) is 0 Å². The van der Waals surface area contributed by atoms with Crippen molar-refractivity contribution in [2.24, 2.45) is 0 Å². The van der Waals surface area contributed by atoms with Crippen LogP contribution in [0.1, 0.15) is 21.5 Å². The van der Waals surface area contributed by atoms with Gasteiger partial charge in [0.25, 0.3) is 5.56 Å². The number of thioether (sulfide) groups is 1. The van der Waals surface area contributed by atoms with Gasteiger partial charge in [-0.1, -0.05) is 36.4 Å². The van der Waals surface area contributed by atoms with E-state index in [1.165, 1.54) is 34.4 Å². The average molecular weight is 447 g/mol. The molecule has 0 saturated heterocycles. The molecule has 0 radical (unpaired) electrons. The molecule has 0 saturated carbocycles. The summed E-state index contributed by atoms with van der Waals surface area (Å²) in [4.78, 5) is 32.9. The van der Waals surface area contributed by atoms with E-state index >= 15 is 0 Å². The molecule has 3 heterocycles. The Labute approximate surface area is 178 Å². The third-order valence-electron chi connectivity index (χ3n) is 4.15. The van der Waals surface area contributed by atoms with E-state index < -0.39 is 0 Å². The second-order valence-electron chi connectivity index (χ2n) is 5.99. The molecule has 142 valence electrons. The fourth-order valence-electron chi connectivity index (χ4n) is 2.74. The molecular formula is C20H15ClN2O2S3. The van der Waals surface area contributed by atoms with Gasteiger partial charge in [-0.15, -0.1) is 22.7 Å². The predicted molar refractivity (Wildman–Crippen MR) is 119 cm³/mol. The highest BCUT2D eigenvalue weighted by Gasteiger charge is 2.17. The lowest BCUT2D eigenvalue weighted by atomic mass is 10.3. The van der Waals surface area contributed by atoms with Crippen LogP contribution in [0, 0.1) is 0 Å². The molecule has 28 heavy (non-hydrogen) atoms. The van der Waals surface area contributed by atoms with Gasteiger partial charge in [-0.3, -0.25) is 14.2 Å². The van der Waals surface area contributed by atoms with E-state index in [9.17, 15) is 9.59 Å². The first-order chi connectivity index (χ1) is 13.6. The first kappa shape index (κ1) is 19.4. The van der Waals surface area contributed by atoms with Crippen LogP contribution in [-0.2, 0) is 6.42 Å². The third kappa shape index (κ3) is 3.80. The van der Waals surface area contributed by atoms with E-state index in [4.69, 9.17) is 16.6 Å². The summed E-state index contributed by atoms with van der Waals surface area (Å²) in [5, 5.41) is 3.58. The molecule has 0 aliphatic carbocycles. The molecule has 0 aliphatic heterocycles. The maximum Gasteiger partial charge on any atom is 0.267 e. The van der Waals surface area contributed by atoms with Gasteiger partial charge in [-0.2, -0.15) is 0 Å². The summed E-state index contributed by atoms with van der Waals surface area (Å²) >= 11 is 10.2. The number of carbonyl (C=O) groups excluding carboxylic acids is 1. The zero-order chi connectivity index (χ0) is 19.7. The second-order valence-corrected chi connectivity index (χ2v) is 9.43. The van der Waals surface area contributed by atoms with Crippen LogP contribution in [0.2, 0.25) is 5.02 Å². The number of carbonyl (C=O) groups is 1. The zero-order valence-electron chi connectivity index (χ0n) is 14.8. The Balaban J connectivity index is 1.80. The van der Waals surface area contributed by atoms with Crippen LogP contribution in [0.4, 0.5) is 0 Å². The number of Topliss-reactive ketones (excluding diaryl/α,β-unsaturated/α-hetero) is 1. The van der Waals surface area contributed by atoms with Crippen LogP contribution in [-0.4, -0.2) is 21.1 Å². The van der Waals surface area contributed by atoms with Gasteiger partial charge in [0.05, 0.1) is 21.7 Å². The minimum absolute atomic E-state index is 0.0254. The maximum absolute atomic E-state index is 13.2. The molecular weight excluding hydrogens is 432 g/mol. The molecule has 0 fully saturated rings. The molecule has 0 unspecified atom stereocenters. The monoisotopic (exact) mass is 446 g/mol. The van der Waals surface area contributed by atoms with Crippen LogP contribution in [0.3, 0.4) is 0 Å². The van der Waals surface area contributed by atoms with E-state index in [2.05, 4.69) is 6.92 Å². The molecule has 0 N–H and O–H groups in total. The van der Waals surface area contributed by atoms with Gasteiger partial charge in [-0.05, 0) is 48.2 Å². The van der Waals surface area contributed by atoms with Crippen molar-refractivity contribution < 1.29 is 4.79 Å². The minimum atomic E-state index is -0.130. The molecule has 0 amide bonds. The van der Waals surface area contributed by atoms with Gasteiger partial charge in [0.1, 0.15) is 4.83 Å². The Morgan fingerprint density at radius 3 is 2.71 bits per heavy atom. The number of rotatable bonds is 6. The number of halogens is 1. The maximum atomic E-state index is 13.2. The summed E-state index contributed by atoms with van der Waals surface area (Å²) in [6.07, 6.45) is 0.848. The van der Waals surface area contributed by atoms with Crippen molar-refractivity contribution in [3.8, 4) is 5.69 Å². The van der Waals surface area contributed by atoms with Gasteiger partial charge in [0.15, 0.2) is 10.9 Å². The molecule has 8 heteroatoms. The SMILES string of the molecule is CCc1cc2c(=O)n(-c3ccc(Cl)cc3)c(SCC(=O)c3cccs3)nc2s1. The Morgan fingerprint density at radius 2 is 2.04 bits per heavy atom. The van der Waals surface area contributed by atoms with Crippen LogP contribution in [0.25, 0.3) is 15.9 Å². The second kappa shape index (κ2) is 8.21. The topological polar surface area (TPSA) is 52.0 Å². The summed E-state index contributed by atoms with van der Waals surface area (Å²) < 4.78 is 1.57. The van der Waals surface area contributed by atoms with Crippen molar-refractivity contribution >= 4 is 62.0 Å². The molecule has 1 aromatic carbocycles. The Bertz CT molecular complexity index is 1190. The number of thiophene rings is 2. The average Bonchev–Trinajstić information content (AvgIpc) is 3.37. The van der Waals surface area contributed by atoms with E-state index in [1.54, 1.807) is 28.8 Å². The van der Waals surface area contributed by atoms with Gasteiger partial charge in [-0.25, -0.2) is 4.98 Å². The first-order valence-corrected chi connectivity index (χ1v) is 11.6. The van der Waals surface area contributed by atoms with Crippen LogP contribution in [0.15, 0.2) is 57.8 Å². The number of benzene rings is 1. The van der Waals surface area contributed by atoms with E-state index in [1.807, 2.05) is 23.6 Å². The molecule has 4 nitrogen and oxygen atoms in total. The predicted octanol–water partition coefficient (Wildman–Crippen LogP) is 5.70. The quantitative estimate of drug-likeness (QED) is 0.216. The number of aryl methyl sites for hydroxylation is 1. The minimum Gasteiger partial charge on any atom is -0.292 e. The number of ketones is 1. The van der Waals surface area contributed by atoms with Gasteiger partial charge >= 0.3 is 0 Å². The largest absolute Gasteiger partial charge is 0.292 e. The molecule has 0 aliphatic rings. The highest BCUT2D eigenvalue weighted by atomic mass is 35.5. The number of fused-ring (bicyclic) bond motifs is 1. The highest BCUT2D eigenvalue weighted by molar-refractivity contribution is 7.99. The summed E-state index contributed by atoms with van der Waals surface area (Å²) in [5.41, 5.74) is 0.550. The van der Waals surface area contributed by atoms with Crippen molar-refractivity contribution in [2.75, 3.05) is 5.75 Å². The number of hydrogen-bond acceptors (Lipinski definition) is 6. The van der Waals surface area contributed by atoms with Crippen LogP contribution < -0.4 is 5.56 Å². The lowest BCUT2D eigenvalue weighted by Crippen LogP contribution is -2.21. The van der Waals surface area contributed by atoms with Gasteiger partial charge in [0, 0.05) is 9.90 Å². The smallest absolute Gasteiger partial charge is 0.267 e. The van der Waals surface area contributed by atoms with E-state index in [-0.39, 0.29) is 17.1 Å². The molecule has 0 atom stereocenters. The lowest BCUT2D eigenvalue weighted by Gasteiger charge is -2.11. The summed E-state index contributed by atoms with van der Waals surface area (Å²) in [7, 11) is 0. The Kier molecular flexibility index (Phi) is 5.68. The summed E-state index contributed by atoms with van der Waals surface area (Å²) in [6.45, 7) is 2.05. The molecule has 4 rings (SSSR count). The third-order valence-corrected chi connectivity index (χ3v) is 7.42. The fraction of sp³-hybridized carbons (Fsp3) is 0.150. The summed E-state index contributed by atoms with van der Waals surface area (Å²) in [6, 6.07) is 12.6. The van der Waals surface area contributed by atoms with Crippen molar-refractivity contribution in [1.82, 2.24) is 9.55 Å². The standard InChI is InChI=1S/C20H15ClN2O2S3/c1-2-14-10-15-18(28-14)22-20(27-11-16(24)17-4-3-9-26-17)23(19(15)25)13-7-5-12(21)6-8-13/h3-10H,2,11H2,1H3. The van der Waals surface area contributed by atoms with Crippen molar-refractivity contribution in [3.05, 3.63) is 73.0 Å². The van der Waals surface area contributed by atoms with E-state index in [0.29, 0.717) is 31.0 Å². The highest BCUT2D eigenvalue weighted by Crippen LogP contribution is 2.28. The van der Waals surface area contributed by atoms with Gasteiger partial charge < -0.3 is 0 Å². The molecule has 0 bridgehead atoms. The van der Waals surface area contributed by atoms with Crippen molar-refractivity contribution in [2.45, 2.75) is 18.5 Å². The van der Waals surface area contributed by atoms with Gasteiger partial charge in [0.2, 0.25) is 0 Å². The zero-order valence-corrected chi connectivity index (χ0v) is 18.1. The molecule has 0 spiro atoms. The molecule has 3 aromatic heterocycles. The van der Waals surface area contributed by atoms with Crippen molar-refractivity contribution in [1.29, 1.82) is 0 Å². The Morgan fingerprint density at radius 1 is 1.25 bits per heavy atom. The number of hydrogen-bond donors (Lipinski definition) is 0. The van der Waals surface area contributed by atoms with Crippen LogP contribution in [0.5, 0.6) is 0 Å². The fourth-order valence-corrected chi connectivity index (χ4v) is 5.53. The first-order valence-electron chi connectivity index (χ1n) is 8.57. The Hall–Kier alpha value is -1.93. The normalized spacial score (nSPS) is 11.2. The summed E-state index contributed by atoms with van der Waals surface area (Å²) in [5.74, 6) is 0.246.